The molecule has 5 heteroatoms. The van der Waals surface area contributed by atoms with E-state index >= 15 is 0 Å². The molecule has 114 valence electrons. The standard InChI is InChI=1S/C16H23N3O2/c1-12-10-14(21-4)6-7-15(12)19-11-13(2)18-16(19)17-8-5-9-20-3/h6-7,10-11H,5,8-9H2,1-4H3,(H,17,18). The fourth-order valence-corrected chi connectivity index (χ4v) is 2.25. The highest BCUT2D eigenvalue weighted by molar-refractivity contribution is 5.50. The number of methoxy groups -OCH3 is 2. The minimum absolute atomic E-state index is 0.744. The maximum absolute atomic E-state index is 5.26. The zero-order chi connectivity index (χ0) is 15.2. The zero-order valence-corrected chi connectivity index (χ0v) is 13.1. The number of benzene rings is 1. The van der Waals surface area contributed by atoms with Crippen LogP contribution in [-0.2, 0) is 4.74 Å². The van der Waals surface area contributed by atoms with Gasteiger partial charge in [-0.15, -0.1) is 0 Å². The topological polar surface area (TPSA) is 48.3 Å². The summed E-state index contributed by atoms with van der Waals surface area (Å²) in [5.74, 6) is 1.72. The smallest absolute Gasteiger partial charge is 0.207 e. The van der Waals surface area contributed by atoms with Gasteiger partial charge in [-0.3, -0.25) is 4.57 Å². The van der Waals surface area contributed by atoms with Gasteiger partial charge in [-0.05, 0) is 44.0 Å². The number of aryl methyl sites for hydroxylation is 2. The summed E-state index contributed by atoms with van der Waals surface area (Å²) in [6.07, 6.45) is 2.98. The van der Waals surface area contributed by atoms with Crippen LogP contribution in [0.4, 0.5) is 5.95 Å². The Morgan fingerprint density at radius 3 is 2.71 bits per heavy atom. The lowest BCUT2D eigenvalue weighted by Gasteiger charge is -2.13. The van der Waals surface area contributed by atoms with Crippen molar-refractivity contribution in [2.24, 2.45) is 0 Å². The molecule has 1 N–H and O–H groups in total. The van der Waals surface area contributed by atoms with Gasteiger partial charge in [0.05, 0.1) is 18.5 Å². The summed E-state index contributed by atoms with van der Waals surface area (Å²) in [7, 11) is 3.39. The molecule has 0 radical (unpaired) electrons. The second-order valence-electron chi connectivity index (χ2n) is 5.00. The molecule has 1 heterocycles. The highest BCUT2D eigenvalue weighted by Crippen LogP contribution is 2.23. The molecular weight excluding hydrogens is 266 g/mol. The fraction of sp³-hybridized carbons (Fsp3) is 0.438. The van der Waals surface area contributed by atoms with Crippen LogP contribution in [0, 0.1) is 13.8 Å². The largest absolute Gasteiger partial charge is 0.497 e. The van der Waals surface area contributed by atoms with E-state index in [1.165, 1.54) is 0 Å². The molecular formula is C16H23N3O2. The first kappa shape index (κ1) is 15.4. The highest BCUT2D eigenvalue weighted by atomic mass is 16.5. The predicted octanol–water partition coefficient (Wildman–Crippen LogP) is 2.95. The van der Waals surface area contributed by atoms with Gasteiger partial charge in [0.25, 0.3) is 0 Å². The lowest BCUT2D eigenvalue weighted by atomic mass is 10.2. The Balaban J connectivity index is 2.23. The van der Waals surface area contributed by atoms with Crippen LogP contribution < -0.4 is 10.1 Å². The Bertz CT molecular complexity index is 593. The number of rotatable bonds is 7. The number of aromatic nitrogens is 2. The molecule has 0 aliphatic rings. The summed E-state index contributed by atoms with van der Waals surface area (Å²) in [5, 5.41) is 3.36. The summed E-state index contributed by atoms with van der Waals surface area (Å²) in [5.41, 5.74) is 3.23. The molecule has 21 heavy (non-hydrogen) atoms. The Labute approximate surface area is 125 Å². The van der Waals surface area contributed by atoms with Crippen LogP contribution in [0.5, 0.6) is 5.75 Å². The van der Waals surface area contributed by atoms with Gasteiger partial charge in [0.1, 0.15) is 5.75 Å². The third-order valence-electron chi connectivity index (χ3n) is 3.30. The Morgan fingerprint density at radius 2 is 2.05 bits per heavy atom. The van der Waals surface area contributed by atoms with Gasteiger partial charge >= 0.3 is 0 Å². The van der Waals surface area contributed by atoms with E-state index in [4.69, 9.17) is 9.47 Å². The predicted molar refractivity (Wildman–Crippen MR) is 84.6 cm³/mol. The van der Waals surface area contributed by atoms with Gasteiger partial charge in [0.2, 0.25) is 5.95 Å². The quantitative estimate of drug-likeness (QED) is 0.796. The van der Waals surface area contributed by atoms with E-state index < -0.39 is 0 Å². The van der Waals surface area contributed by atoms with Crippen LogP contribution in [-0.4, -0.2) is 36.9 Å². The zero-order valence-electron chi connectivity index (χ0n) is 13.1. The van der Waals surface area contributed by atoms with Gasteiger partial charge in [-0.2, -0.15) is 0 Å². The molecule has 0 atom stereocenters. The van der Waals surface area contributed by atoms with Gasteiger partial charge in [0, 0.05) is 26.5 Å². The van der Waals surface area contributed by atoms with Crippen LogP contribution in [0.1, 0.15) is 17.7 Å². The van der Waals surface area contributed by atoms with Crippen molar-refractivity contribution in [3.05, 3.63) is 35.7 Å². The summed E-state index contributed by atoms with van der Waals surface area (Å²) in [6.45, 7) is 5.64. The summed E-state index contributed by atoms with van der Waals surface area (Å²) in [6, 6.07) is 6.04. The van der Waals surface area contributed by atoms with Crippen LogP contribution in [0.2, 0.25) is 0 Å². The molecule has 0 amide bonds. The molecule has 0 saturated heterocycles. The van der Waals surface area contributed by atoms with Crippen LogP contribution in [0.25, 0.3) is 5.69 Å². The lowest BCUT2D eigenvalue weighted by molar-refractivity contribution is 0.197. The highest BCUT2D eigenvalue weighted by Gasteiger charge is 2.10. The van der Waals surface area contributed by atoms with Crippen molar-refractivity contribution in [3.63, 3.8) is 0 Å². The summed E-state index contributed by atoms with van der Waals surface area (Å²) >= 11 is 0. The van der Waals surface area contributed by atoms with Crippen LogP contribution in [0.3, 0.4) is 0 Å². The number of imidazole rings is 1. The molecule has 1 aromatic heterocycles. The van der Waals surface area contributed by atoms with Crippen molar-refractivity contribution in [2.45, 2.75) is 20.3 Å². The molecule has 0 spiro atoms. The van der Waals surface area contributed by atoms with Crippen molar-refractivity contribution in [3.8, 4) is 11.4 Å². The van der Waals surface area contributed by atoms with Crippen molar-refractivity contribution < 1.29 is 9.47 Å². The normalized spacial score (nSPS) is 10.7. The Morgan fingerprint density at radius 1 is 1.24 bits per heavy atom. The average molecular weight is 289 g/mol. The molecule has 0 aliphatic carbocycles. The van der Waals surface area contributed by atoms with E-state index in [2.05, 4.69) is 27.9 Å². The second-order valence-corrected chi connectivity index (χ2v) is 5.00. The van der Waals surface area contributed by atoms with E-state index in [0.29, 0.717) is 0 Å². The molecule has 0 bridgehead atoms. The summed E-state index contributed by atoms with van der Waals surface area (Å²) in [4.78, 5) is 4.55. The molecule has 0 saturated carbocycles. The number of ether oxygens (including phenoxy) is 2. The first-order valence-corrected chi connectivity index (χ1v) is 7.09. The molecule has 0 aliphatic heterocycles. The van der Waals surface area contributed by atoms with E-state index in [9.17, 15) is 0 Å². The van der Waals surface area contributed by atoms with E-state index in [0.717, 1.165) is 48.2 Å². The number of hydrogen-bond acceptors (Lipinski definition) is 4. The maximum Gasteiger partial charge on any atom is 0.207 e. The van der Waals surface area contributed by atoms with Crippen LogP contribution in [0.15, 0.2) is 24.4 Å². The first-order valence-electron chi connectivity index (χ1n) is 7.09. The van der Waals surface area contributed by atoms with E-state index in [1.807, 2.05) is 25.3 Å². The lowest BCUT2D eigenvalue weighted by Crippen LogP contribution is -2.10. The number of nitrogens with zero attached hydrogens (tertiary/aromatic N) is 2. The van der Waals surface area contributed by atoms with Crippen molar-refractivity contribution in [1.82, 2.24) is 9.55 Å². The van der Waals surface area contributed by atoms with Crippen LogP contribution >= 0.6 is 0 Å². The molecule has 0 unspecified atom stereocenters. The van der Waals surface area contributed by atoms with E-state index in [1.54, 1.807) is 14.2 Å². The van der Waals surface area contributed by atoms with Crippen molar-refractivity contribution in [2.75, 3.05) is 32.7 Å². The Hall–Kier alpha value is -2.01. The minimum atomic E-state index is 0.744. The molecule has 5 nitrogen and oxygen atoms in total. The van der Waals surface area contributed by atoms with Gasteiger partial charge in [-0.25, -0.2) is 4.98 Å². The van der Waals surface area contributed by atoms with Gasteiger partial charge < -0.3 is 14.8 Å². The molecule has 1 aromatic carbocycles. The molecule has 2 aromatic rings. The maximum atomic E-state index is 5.26. The third kappa shape index (κ3) is 3.76. The number of anilines is 1. The van der Waals surface area contributed by atoms with E-state index in [-0.39, 0.29) is 0 Å². The van der Waals surface area contributed by atoms with Crippen molar-refractivity contribution in [1.29, 1.82) is 0 Å². The number of nitrogens with one attached hydrogen (secondary N) is 1. The van der Waals surface area contributed by atoms with Crippen molar-refractivity contribution >= 4 is 5.95 Å². The fourth-order valence-electron chi connectivity index (χ4n) is 2.25. The summed E-state index contributed by atoms with van der Waals surface area (Å²) < 4.78 is 12.4. The first-order chi connectivity index (χ1) is 10.2. The minimum Gasteiger partial charge on any atom is -0.497 e. The molecule has 2 rings (SSSR count). The average Bonchev–Trinajstić information content (AvgIpc) is 2.84. The monoisotopic (exact) mass is 289 g/mol. The van der Waals surface area contributed by atoms with Gasteiger partial charge in [-0.1, -0.05) is 0 Å². The van der Waals surface area contributed by atoms with Gasteiger partial charge in [0.15, 0.2) is 0 Å². The Kier molecular flexibility index (Phi) is 5.22. The molecule has 0 fully saturated rings. The second kappa shape index (κ2) is 7.13. The SMILES string of the molecule is COCCCNc1nc(C)cn1-c1ccc(OC)cc1C. The third-order valence-corrected chi connectivity index (χ3v) is 3.30. The number of hydrogen-bond donors (Lipinski definition) is 1.